The maximum atomic E-state index is 8.80. The molecule has 0 amide bonds. The van der Waals surface area contributed by atoms with Gasteiger partial charge >= 0.3 is 0 Å². The number of hydrogen-bond acceptors (Lipinski definition) is 0. The molecule has 290 valence electrons. The zero-order valence-electron chi connectivity index (χ0n) is 34.8. The Morgan fingerprint density at radius 3 is 1.32 bits per heavy atom. The van der Waals surface area contributed by atoms with E-state index >= 15 is 0 Å². The summed E-state index contributed by atoms with van der Waals surface area (Å²) in [6.07, 6.45) is 9.67. The van der Waals surface area contributed by atoms with E-state index in [1.54, 1.807) is 0 Å². The summed E-state index contributed by atoms with van der Waals surface area (Å²) in [7, 11) is 0. The molecule has 0 atom stereocenters. The largest absolute Gasteiger partial charge is 0.715 e. The summed E-state index contributed by atoms with van der Waals surface area (Å²) < 4.78 is 0. The minimum absolute atomic E-state index is 0. The van der Waals surface area contributed by atoms with Crippen LogP contribution in [0.4, 0.5) is 28.4 Å². The molecule has 4 aromatic carbocycles. The van der Waals surface area contributed by atoms with Gasteiger partial charge in [-0.3, -0.25) is 0 Å². The third-order valence-electron chi connectivity index (χ3n) is 10.9. The third-order valence-corrected chi connectivity index (χ3v) is 10.9. The van der Waals surface area contributed by atoms with Crippen molar-refractivity contribution in [2.75, 3.05) is 0 Å². The van der Waals surface area contributed by atoms with Crippen molar-refractivity contribution >= 4 is 28.4 Å². The zero-order chi connectivity index (χ0) is 38.2. The zero-order valence-corrected chi connectivity index (χ0v) is 35.8. The quantitative estimate of drug-likeness (QED) is 0.147. The van der Waals surface area contributed by atoms with Gasteiger partial charge in [0.15, 0.2) is 0 Å². The van der Waals surface area contributed by atoms with Crippen LogP contribution in [-0.4, -0.2) is 0 Å². The van der Waals surface area contributed by atoms with Crippen molar-refractivity contribution in [2.24, 2.45) is 0 Å². The van der Waals surface area contributed by atoms with Crippen LogP contribution in [0, 0.1) is 6.92 Å². The maximum absolute atomic E-state index is 8.80. The first-order chi connectivity index (χ1) is 24.1. The maximum Gasteiger partial charge on any atom is 0 e. The van der Waals surface area contributed by atoms with Crippen LogP contribution in [-0.2, 0) is 63.8 Å². The summed E-state index contributed by atoms with van der Waals surface area (Å²) >= 11 is 0. The first-order valence-corrected chi connectivity index (χ1v) is 19.7. The molecule has 0 bridgehead atoms. The second-order valence-electron chi connectivity index (χ2n) is 19.4. The number of hydrogen-bond donors (Lipinski definition) is 0. The van der Waals surface area contributed by atoms with Crippen molar-refractivity contribution in [3.63, 3.8) is 0 Å². The summed E-state index contributed by atoms with van der Waals surface area (Å²) in [6.45, 7) is 31.2. The fourth-order valence-electron chi connectivity index (χ4n) is 7.59. The topological polar surface area (TPSA) is 52.0 Å². The Labute approximate surface area is 333 Å². The molecule has 0 radical (unpaired) electrons. The van der Waals surface area contributed by atoms with Crippen LogP contribution in [0.3, 0.4) is 0 Å². The molecule has 0 heterocycles. The third kappa shape index (κ3) is 10.0. The predicted molar refractivity (Wildman–Crippen MR) is 228 cm³/mol. The molecular formula is C49H65N3Ni-4. The summed E-state index contributed by atoms with van der Waals surface area (Å²) in [4.78, 5) is 0. The Hall–Kier alpha value is -3.36. The van der Waals surface area contributed by atoms with E-state index in [1.807, 2.05) is 0 Å². The molecule has 0 fully saturated rings. The van der Waals surface area contributed by atoms with E-state index < -0.39 is 0 Å². The Bertz CT molecular complexity index is 1750. The Balaban J connectivity index is 0.000000232. The van der Waals surface area contributed by atoms with Gasteiger partial charge in [0.1, 0.15) is 0 Å². The molecule has 0 unspecified atom stereocenters. The average molecular weight is 755 g/mol. The van der Waals surface area contributed by atoms with Crippen molar-refractivity contribution in [1.82, 2.24) is 0 Å². The van der Waals surface area contributed by atoms with Gasteiger partial charge in [-0.05, 0) is 84.3 Å². The number of nitrogens with zero attached hydrogens (tertiary/aromatic N) is 2. The first-order valence-electron chi connectivity index (χ1n) is 19.7. The predicted octanol–water partition coefficient (Wildman–Crippen LogP) is 15.9. The molecular weight excluding hydrogens is 689 g/mol. The molecule has 0 saturated carbocycles. The Kier molecular flexibility index (Phi) is 12.9. The van der Waals surface area contributed by atoms with E-state index in [1.165, 1.54) is 71.0 Å². The normalized spacial score (nSPS) is 14.6. The molecule has 0 spiro atoms. The molecule has 4 heteroatoms. The molecule has 0 saturated heterocycles. The van der Waals surface area contributed by atoms with E-state index in [9.17, 15) is 0 Å². The van der Waals surface area contributed by atoms with E-state index in [0.29, 0.717) is 5.69 Å². The molecule has 3 nitrogen and oxygen atoms in total. The fraction of sp³-hybridized carbons (Fsp3) is 0.490. The average Bonchev–Trinajstić information content (AvgIpc) is 3.05. The van der Waals surface area contributed by atoms with Crippen molar-refractivity contribution < 1.29 is 16.5 Å². The van der Waals surface area contributed by atoms with Gasteiger partial charge in [-0.1, -0.05) is 159 Å². The number of fused-ring (bicyclic) bond motifs is 2. The first kappa shape index (κ1) is 42.4. The molecule has 2 aliphatic rings. The van der Waals surface area contributed by atoms with E-state index in [0.717, 1.165) is 53.1 Å². The van der Waals surface area contributed by atoms with Gasteiger partial charge in [0.05, 0.1) is 0 Å². The monoisotopic (exact) mass is 753 g/mol. The number of nitrogens with one attached hydrogen (secondary N) is 1. The standard InChI is InChI=1S/C25H33N.C24H32N2.Ni/c1-17-21(25(5,6)7)15-19(24(2,3)4)16-23(17)26-22-14-10-12-18-11-8-9-13-20(18)22;1-23(2,3)17-14-19(24(4,5)6)22(25)21(15-17)26-20-13-9-11-16-10-7-8-12-18(16)20;/h10,12,14-16H,1,8-9,11,13H2,2-7H3;9,11,13-15,25H,7-8,10,12H2,1-6H3;/q2*-2;. The van der Waals surface area contributed by atoms with Crippen molar-refractivity contribution in [3.8, 4) is 0 Å². The van der Waals surface area contributed by atoms with E-state index in [-0.39, 0.29) is 38.2 Å². The molecule has 53 heavy (non-hydrogen) atoms. The summed E-state index contributed by atoms with van der Waals surface area (Å²) in [6, 6.07) is 22.0. The van der Waals surface area contributed by atoms with Gasteiger partial charge in [0, 0.05) is 16.5 Å². The van der Waals surface area contributed by atoms with Gasteiger partial charge in [-0.2, -0.15) is 18.3 Å². The van der Waals surface area contributed by atoms with Gasteiger partial charge in [0.2, 0.25) is 0 Å². The SMILES string of the molecule is CC(C)(C)c1cc([N-]c2cccc3c2CCCC3)c([NH-])c(C(C)(C)C)c1.[CH2-]c1c([N-]c2cccc3c2CCCC3)cc(C(C)(C)C)cc1C(C)(C)C.[Ni]. The second kappa shape index (κ2) is 16.2. The summed E-state index contributed by atoms with van der Waals surface area (Å²) in [5.41, 5.74) is 25.3. The van der Waals surface area contributed by atoms with Gasteiger partial charge in [-0.25, -0.2) is 11.3 Å². The van der Waals surface area contributed by atoms with Gasteiger partial charge in [0.25, 0.3) is 0 Å². The van der Waals surface area contributed by atoms with Crippen LogP contribution in [0.25, 0.3) is 16.4 Å². The smallest absolute Gasteiger partial charge is 0 e. The molecule has 0 aromatic heterocycles. The van der Waals surface area contributed by atoms with Crippen LogP contribution < -0.4 is 0 Å². The summed E-state index contributed by atoms with van der Waals surface area (Å²) in [5.74, 6) is 0. The second-order valence-corrected chi connectivity index (χ2v) is 19.4. The number of aryl methyl sites for hydroxylation is 2. The van der Waals surface area contributed by atoms with Crippen LogP contribution in [0.5, 0.6) is 0 Å². The summed E-state index contributed by atoms with van der Waals surface area (Å²) in [5, 5.41) is 10.2. The van der Waals surface area contributed by atoms with Crippen LogP contribution in [0.2, 0.25) is 0 Å². The van der Waals surface area contributed by atoms with Crippen molar-refractivity contribution in [3.05, 3.63) is 134 Å². The van der Waals surface area contributed by atoms with Crippen molar-refractivity contribution in [1.29, 1.82) is 0 Å². The minimum atomic E-state index is -0.0707. The van der Waals surface area contributed by atoms with Crippen LogP contribution in [0.1, 0.15) is 159 Å². The molecule has 0 aliphatic heterocycles. The molecule has 4 aromatic rings. The Morgan fingerprint density at radius 1 is 0.491 bits per heavy atom. The van der Waals surface area contributed by atoms with E-state index in [2.05, 4.69) is 151 Å². The van der Waals surface area contributed by atoms with Gasteiger partial charge < -0.3 is 16.4 Å². The molecule has 2 aliphatic carbocycles. The number of benzene rings is 4. The fourth-order valence-corrected chi connectivity index (χ4v) is 7.59. The van der Waals surface area contributed by atoms with Crippen molar-refractivity contribution in [2.45, 2.75) is 156 Å². The molecule has 6 rings (SSSR count). The Morgan fingerprint density at radius 2 is 0.887 bits per heavy atom. The molecule has 1 N–H and O–H groups in total. The van der Waals surface area contributed by atoms with Crippen LogP contribution in [0.15, 0.2) is 60.7 Å². The number of rotatable bonds is 4. The minimum Gasteiger partial charge on any atom is -0.715 e. The van der Waals surface area contributed by atoms with Gasteiger partial charge in [-0.15, -0.1) is 29.1 Å². The van der Waals surface area contributed by atoms with E-state index in [4.69, 9.17) is 16.4 Å². The van der Waals surface area contributed by atoms with Crippen LogP contribution >= 0.6 is 0 Å².